The van der Waals surface area contributed by atoms with Crippen LogP contribution in [0.1, 0.15) is 27.6 Å². The number of hydrogen-bond donors (Lipinski definition) is 1. The Morgan fingerprint density at radius 2 is 1.97 bits per heavy atom. The zero-order valence-corrected chi connectivity index (χ0v) is 18.6. The van der Waals surface area contributed by atoms with E-state index in [9.17, 15) is 9.18 Å². The van der Waals surface area contributed by atoms with Crippen LogP contribution >= 0.6 is 11.3 Å². The summed E-state index contributed by atoms with van der Waals surface area (Å²) in [7, 11) is 3.25. The molecule has 4 rings (SSSR count). The summed E-state index contributed by atoms with van der Waals surface area (Å²) in [6.07, 6.45) is 0.781. The number of halogens is 1. The molecule has 0 fully saturated rings. The Morgan fingerprint density at radius 3 is 2.65 bits per heavy atom. The fraction of sp³-hybridized carbons (Fsp3) is 0.292. The number of methoxy groups -OCH3 is 2. The second-order valence-electron chi connectivity index (χ2n) is 7.58. The van der Waals surface area contributed by atoms with Gasteiger partial charge in [-0.15, -0.1) is 11.3 Å². The number of anilines is 1. The first-order valence-electron chi connectivity index (χ1n) is 10.1. The number of hydrogen-bond acceptors (Lipinski definition) is 5. The molecule has 3 aromatic rings. The summed E-state index contributed by atoms with van der Waals surface area (Å²) in [6.45, 7) is 2.67. The summed E-state index contributed by atoms with van der Waals surface area (Å²) >= 11 is 1.65. The Kier molecular flexibility index (Phi) is 6.25. The molecule has 1 amide bonds. The molecule has 1 aliphatic heterocycles. The molecule has 7 heteroatoms. The van der Waals surface area contributed by atoms with Crippen LogP contribution in [0.2, 0.25) is 0 Å². The van der Waals surface area contributed by atoms with Crippen LogP contribution in [-0.4, -0.2) is 38.1 Å². The molecule has 0 bridgehead atoms. The second-order valence-corrected chi connectivity index (χ2v) is 8.56. The molecule has 0 saturated heterocycles. The number of benzene rings is 2. The first-order valence-corrected chi connectivity index (χ1v) is 11.0. The Morgan fingerprint density at radius 1 is 1.19 bits per heavy atom. The molecule has 162 valence electrons. The van der Waals surface area contributed by atoms with Crippen molar-refractivity contribution >= 4 is 22.9 Å². The SMILES string of the molecule is COc1cc2c(cc1OC)C(c1cccs1)N(CC(=O)Nc1ccc(C)cc1F)CC2. The predicted octanol–water partition coefficient (Wildman–Crippen LogP) is 4.80. The van der Waals surface area contributed by atoms with Crippen LogP contribution in [0.25, 0.3) is 0 Å². The normalized spacial score (nSPS) is 15.9. The van der Waals surface area contributed by atoms with Gasteiger partial charge in [-0.3, -0.25) is 9.69 Å². The predicted molar refractivity (Wildman–Crippen MR) is 121 cm³/mol. The van der Waals surface area contributed by atoms with Crippen LogP contribution < -0.4 is 14.8 Å². The zero-order chi connectivity index (χ0) is 22.0. The summed E-state index contributed by atoms with van der Waals surface area (Å²) in [5, 5.41) is 4.75. The molecule has 1 aliphatic rings. The van der Waals surface area contributed by atoms with Crippen molar-refractivity contribution in [2.45, 2.75) is 19.4 Å². The van der Waals surface area contributed by atoms with E-state index in [-0.39, 0.29) is 24.2 Å². The van der Waals surface area contributed by atoms with Crippen molar-refractivity contribution in [2.24, 2.45) is 0 Å². The van der Waals surface area contributed by atoms with Crippen LogP contribution in [0, 0.1) is 12.7 Å². The van der Waals surface area contributed by atoms with Crippen molar-refractivity contribution in [3.05, 3.63) is 75.2 Å². The lowest BCUT2D eigenvalue weighted by molar-refractivity contribution is -0.117. The van der Waals surface area contributed by atoms with Crippen LogP contribution in [-0.2, 0) is 11.2 Å². The van der Waals surface area contributed by atoms with Gasteiger partial charge in [0, 0.05) is 11.4 Å². The molecule has 0 radical (unpaired) electrons. The maximum atomic E-state index is 14.2. The number of carbonyl (C=O) groups is 1. The number of nitrogens with one attached hydrogen (secondary N) is 1. The maximum absolute atomic E-state index is 14.2. The third kappa shape index (κ3) is 4.43. The minimum Gasteiger partial charge on any atom is -0.493 e. The number of thiophene rings is 1. The third-order valence-corrected chi connectivity index (χ3v) is 6.46. The van der Waals surface area contributed by atoms with E-state index < -0.39 is 5.82 Å². The number of rotatable bonds is 6. The van der Waals surface area contributed by atoms with Crippen molar-refractivity contribution in [1.82, 2.24) is 4.90 Å². The zero-order valence-electron chi connectivity index (χ0n) is 17.8. The maximum Gasteiger partial charge on any atom is 0.238 e. The molecule has 5 nitrogen and oxygen atoms in total. The monoisotopic (exact) mass is 440 g/mol. The first kappa shape index (κ1) is 21.3. The van der Waals surface area contributed by atoms with Gasteiger partial charge in [-0.05, 0) is 65.7 Å². The fourth-order valence-electron chi connectivity index (χ4n) is 4.04. The van der Waals surface area contributed by atoms with E-state index in [0.717, 1.165) is 22.4 Å². The highest BCUT2D eigenvalue weighted by Gasteiger charge is 2.32. The van der Waals surface area contributed by atoms with E-state index in [4.69, 9.17) is 9.47 Å². The van der Waals surface area contributed by atoms with Crippen molar-refractivity contribution in [3.63, 3.8) is 0 Å². The number of amides is 1. The van der Waals surface area contributed by atoms with E-state index in [0.29, 0.717) is 18.0 Å². The van der Waals surface area contributed by atoms with E-state index in [1.54, 1.807) is 37.7 Å². The number of ether oxygens (including phenoxy) is 2. The summed E-state index contributed by atoms with van der Waals surface area (Å²) < 4.78 is 25.2. The lowest BCUT2D eigenvalue weighted by atomic mass is 9.91. The molecule has 0 spiro atoms. The number of nitrogens with zero attached hydrogens (tertiary/aromatic N) is 1. The Balaban J connectivity index is 1.62. The minimum atomic E-state index is -0.427. The average molecular weight is 441 g/mol. The molecular weight excluding hydrogens is 415 g/mol. The van der Waals surface area contributed by atoms with Crippen molar-refractivity contribution < 1.29 is 18.7 Å². The van der Waals surface area contributed by atoms with E-state index in [1.165, 1.54) is 11.6 Å². The number of fused-ring (bicyclic) bond motifs is 1. The van der Waals surface area contributed by atoms with E-state index >= 15 is 0 Å². The molecule has 1 N–H and O–H groups in total. The smallest absolute Gasteiger partial charge is 0.238 e. The molecule has 2 aromatic carbocycles. The van der Waals surface area contributed by atoms with E-state index in [1.807, 2.05) is 30.5 Å². The number of carbonyl (C=O) groups excluding carboxylic acids is 1. The van der Waals surface area contributed by atoms with Crippen molar-refractivity contribution in [1.29, 1.82) is 0 Å². The van der Waals surface area contributed by atoms with Crippen LogP contribution in [0.4, 0.5) is 10.1 Å². The second kappa shape index (κ2) is 9.08. The van der Waals surface area contributed by atoms with Crippen molar-refractivity contribution in [2.75, 3.05) is 32.6 Å². The Bertz CT molecular complexity index is 1080. The summed E-state index contributed by atoms with van der Waals surface area (Å²) in [4.78, 5) is 16.1. The van der Waals surface area contributed by atoms with Gasteiger partial charge < -0.3 is 14.8 Å². The molecule has 1 atom stereocenters. The van der Waals surface area contributed by atoms with Gasteiger partial charge in [0.05, 0.1) is 32.5 Å². The Labute approximate surface area is 185 Å². The topological polar surface area (TPSA) is 50.8 Å². The third-order valence-electron chi connectivity index (χ3n) is 5.53. The standard InChI is InChI=1S/C24H25FN2O3S/c1-15-6-7-19(18(25)11-15)26-23(28)14-27-9-8-16-12-20(29-2)21(30-3)13-17(16)24(27)22-5-4-10-31-22/h4-7,10-13,24H,8-9,14H2,1-3H3,(H,26,28). The van der Waals surface area contributed by atoms with Gasteiger partial charge in [-0.1, -0.05) is 12.1 Å². The quantitative estimate of drug-likeness (QED) is 0.598. The highest BCUT2D eigenvalue weighted by molar-refractivity contribution is 7.10. The van der Waals surface area contributed by atoms with Gasteiger partial charge in [-0.25, -0.2) is 4.39 Å². The van der Waals surface area contributed by atoms with Gasteiger partial charge >= 0.3 is 0 Å². The van der Waals surface area contributed by atoms with Gasteiger partial charge in [0.15, 0.2) is 11.5 Å². The molecule has 31 heavy (non-hydrogen) atoms. The number of aryl methyl sites for hydroxylation is 1. The summed E-state index contributed by atoms with van der Waals surface area (Å²) in [5.41, 5.74) is 3.29. The molecule has 1 aromatic heterocycles. The van der Waals surface area contributed by atoms with Crippen LogP contribution in [0.15, 0.2) is 47.8 Å². The molecule has 0 saturated carbocycles. The van der Waals surface area contributed by atoms with Crippen LogP contribution in [0.3, 0.4) is 0 Å². The minimum absolute atomic E-state index is 0.0860. The lowest BCUT2D eigenvalue weighted by Crippen LogP contribution is -2.41. The largest absolute Gasteiger partial charge is 0.493 e. The lowest BCUT2D eigenvalue weighted by Gasteiger charge is -2.37. The van der Waals surface area contributed by atoms with Crippen LogP contribution in [0.5, 0.6) is 11.5 Å². The van der Waals surface area contributed by atoms with Gasteiger partial charge in [0.1, 0.15) is 5.82 Å². The van der Waals surface area contributed by atoms with E-state index in [2.05, 4.69) is 16.3 Å². The molecule has 0 aliphatic carbocycles. The van der Waals surface area contributed by atoms with Gasteiger partial charge in [0.2, 0.25) is 5.91 Å². The van der Waals surface area contributed by atoms with Gasteiger partial charge in [-0.2, -0.15) is 0 Å². The molecular formula is C24H25FN2O3S. The highest BCUT2D eigenvalue weighted by Crippen LogP contribution is 2.42. The first-order chi connectivity index (χ1) is 15.0. The highest BCUT2D eigenvalue weighted by atomic mass is 32.1. The molecule has 2 heterocycles. The summed E-state index contributed by atoms with van der Waals surface area (Å²) in [6, 6.07) is 12.8. The fourth-order valence-corrected chi connectivity index (χ4v) is 4.92. The van der Waals surface area contributed by atoms with Crippen molar-refractivity contribution in [3.8, 4) is 11.5 Å². The summed E-state index contributed by atoms with van der Waals surface area (Å²) in [5.74, 6) is 0.695. The Hall–Kier alpha value is -2.90. The average Bonchev–Trinajstić information content (AvgIpc) is 3.29. The molecule has 1 unspecified atom stereocenters. The van der Waals surface area contributed by atoms with Gasteiger partial charge in [0.25, 0.3) is 0 Å².